The molecular weight excluding hydrogens is 362 g/mol. The molecule has 2 N–H and O–H groups in total. The summed E-state index contributed by atoms with van der Waals surface area (Å²) in [6, 6.07) is 15.3. The Morgan fingerprint density at radius 2 is 1.93 bits per heavy atom. The third-order valence-electron chi connectivity index (χ3n) is 5.81. The number of nitrogens with one attached hydrogen (secondary N) is 1. The molecule has 0 bridgehead atoms. The molecule has 1 saturated carbocycles. The number of hydrogen-bond acceptors (Lipinski definition) is 3. The summed E-state index contributed by atoms with van der Waals surface area (Å²) in [7, 11) is 1.72. The van der Waals surface area contributed by atoms with E-state index in [4.69, 9.17) is 0 Å². The molecule has 1 aliphatic carbocycles. The minimum atomic E-state index is -0.781. The number of nitrogens with zero attached hydrogens (tertiary/aromatic N) is 2. The van der Waals surface area contributed by atoms with Crippen molar-refractivity contribution in [2.75, 3.05) is 13.6 Å². The van der Waals surface area contributed by atoms with Crippen molar-refractivity contribution in [1.29, 1.82) is 0 Å². The number of amides is 1. The average molecular weight is 389 g/mol. The number of rotatable bonds is 6. The number of hydrogen-bond donors (Lipinski definition) is 2. The quantitative estimate of drug-likeness (QED) is 0.733. The van der Waals surface area contributed by atoms with Crippen LogP contribution >= 0.6 is 0 Å². The van der Waals surface area contributed by atoms with Crippen LogP contribution in [0.25, 0.3) is 11.1 Å². The number of benzene rings is 2. The molecule has 4 rings (SSSR count). The molecule has 0 unspecified atom stereocenters. The van der Waals surface area contributed by atoms with Gasteiger partial charge in [-0.15, -0.1) is 6.58 Å². The SMILES string of the molecule is C=C(C)CCN1C(=O)[C@](c2cccc(-c3cccc(O)c3)c2)(C2CC2)NC1=NC. The highest BCUT2D eigenvalue weighted by Gasteiger charge is 2.59. The second-order valence-corrected chi connectivity index (χ2v) is 8.05. The predicted octanol–water partition coefficient (Wildman–Crippen LogP) is 4.05. The van der Waals surface area contributed by atoms with E-state index in [0.29, 0.717) is 12.5 Å². The summed E-state index contributed by atoms with van der Waals surface area (Å²) in [4.78, 5) is 19.8. The van der Waals surface area contributed by atoms with Crippen LogP contribution in [-0.4, -0.2) is 35.5 Å². The molecule has 0 aromatic heterocycles. The first kappa shape index (κ1) is 19.2. The Morgan fingerprint density at radius 3 is 2.55 bits per heavy atom. The van der Waals surface area contributed by atoms with E-state index in [-0.39, 0.29) is 17.6 Å². The van der Waals surface area contributed by atoms with E-state index in [0.717, 1.165) is 41.5 Å². The van der Waals surface area contributed by atoms with Crippen molar-refractivity contribution in [2.45, 2.75) is 31.7 Å². The Morgan fingerprint density at radius 1 is 1.24 bits per heavy atom. The molecule has 1 amide bonds. The second kappa shape index (κ2) is 7.39. The van der Waals surface area contributed by atoms with E-state index in [1.54, 1.807) is 24.1 Å². The highest BCUT2D eigenvalue weighted by Crippen LogP contribution is 2.49. The standard InChI is InChI=1S/C24H27N3O2/c1-16(2)12-13-27-22(29)24(19-10-11-19,26-23(27)25-3)20-8-4-6-17(14-20)18-7-5-9-21(28)15-18/h4-9,14-15,19,28H,1,10-13H2,2-3H3,(H,25,26)/t24-/m1/s1. The van der Waals surface area contributed by atoms with Crippen molar-refractivity contribution in [3.05, 3.63) is 66.2 Å². The van der Waals surface area contributed by atoms with Gasteiger partial charge in [-0.25, -0.2) is 0 Å². The number of phenolic OH excluding ortho intramolecular Hbond substituents is 1. The molecule has 0 spiro atoms. The van der Waals surface area contributed by atoms with Gasteiger partial charge in [0.2, 0.25) is 5.96 Å². The fourth-order valence-electron chi connectivity index (χ4n) is 4.15. The van der Waals surface area contributed by atoms with Crippen LogP contribution in [0.4, 0.5) is 0 Å². The lowest BCUT2D eigenvalue weighted by molar-refractivity contribution is -0.132. The van der Waals surface area contributed by atoms with Crippen molar-refractivity contribution in [3.63, 3.8) is 0 Å². The second-order valence-electron chi connectivity index (χ2n) is 8.05. The molecule has 2 fully saturated rings. The van der Waals surface area contributed by atoms with Crippen LogP contribution in [0.5, 0.6) is 5.75 Å². The lowest BCUT2D eigenvalue weighted by atomic mass is 9.83. The van der Waals surface area contributed by atoms with E-state index >= 15 is 0 Å². The highest BCUT2D eigenvalue weighted by molar-refractivity contribution is 6.10. The average Bonchev–Trinajstić information content (AvgIpc) is 3.52. The summed E-state index contributed by atoms with van der Waals surface area (Å²) >= 11 is 0. The van der Waals surface area contributed by atoms with E-state index in [1.807, 2.05) is 37.3 Å². The Kier molecular flexibility index (Phi) is 4.91. The summed E-state index contributed by atoms with van der Waals surface area (Å²) in [5.41, 5.74) is 3.11. The number of aromatic hydroxyl groups is 1. The Bertz CT molecular complexity index is 993. The van der Waals surface area contributed by atoms with Gasteiger partial charge in [0, 0.05) is 13.6 Å². The molecule has 29 heavy (non-hydrogen) atoms. The fourth-order valence-corrected chi connectivity index (χ4v) is 4.15. The lowest BCUT2D eigenvalue weighted by Crippen LogP contribution is -2.46. The van der Waals surface area contributed by atoms with Gasteiger partial charge < -0.3 is 10.4 Å². The number of guanidine groups is 1. The van der Waals surface area contributed by atoms with Crippen LogP contribution < -0.4 is 5.32 Å². The molecule has 5 heteroatoms. The van der Waals surface area contributed by atoms with Crippen LogP contribution in [0, 0.1) is 5.92 Å². The zero-order valence-electron chi connectivity index (χ0n) is 17.0. The maximum atomic E-state index is 13.7. The molecule has 1 aliphatic heterocycles. The molecule has 2 aromatic rings. The smallest absolute Gasteiger partial charge is 0.260 e. The monoisotopic (exact) mass is 389 g/mol. The van der Waals surface area contributed by atoms with E-state index in [2.05, 4.69) is 23.0 Å². The predicted molar refractivity (Wildman–Crippen MR) is 116 cm³/mol. The lowest BCUT2D eigenvalue weighted by Gasteiger charge is -2.28. The van der Waals surface area contributed by atoms with Crippen molar-refractivity contribution in [2.24, 2.45) is 10.9 Å². The third-order valence-corrected chi connectivity index (χ3v) is 5.81. The maximum Gasteiger partial charge on any atom is 0.260 e. The topological polar surface area (TPSA) is 64.9 Å². The van der Waals surface area contributed by atoms with Crippen molar-refractivity contribution in [3.8, 4) is 16.9 Å². The third kappa shape index (κ3) is 3.41. The van der Waals surface area contributed by atoms with Crippen LogP contribution in [0.15, 0.2) is 65.7 Å². The molecule has 5 nitrogen and oxygen atoms in total. The fraction of sp³-hybridized carbons (Fsp3) is 0.333. The van der Waals surface area contributed by atoms with E-state index in [9.17, 15) is 9.90 Å². The number of carbonyl (C=O) groups is 1. The molecule has 2 aliphatic rings. The number of phenols is 1. The van der Waals surface area contributed by atoms with Gasteiger partial charge in [-0.05, 0) is 67.0 Å². The van der Waals surface area contributed by atoms with Gasteiger partial charge in [0.15, 0.2) is 0 Å². The summed E-state index contributed by atoms with van der Waals surface area (Å²) in [6.07, 6.45) is 2.78. The van der Waals surface area contributed by atoms with Crippen LogP contribution in [0.2, 0.25) is 0 Å². The molecule has 0 radical (unpaired) electrons. The van der Waals surface area contributed by atoms with Gasteiger partial charge >= 0.3 is 0 Å². The van der Waals surface area contributed by atoms with Gasteiger partial charge in [-0.1, -0.05) is 35.9 Å². The summed E-state index contributed by atoms with van der Waals surface area (Å²) in [6.45, 7) is 6.52. The number of carbonyl (C=O) groups excluding carboxylic acids is 1. The zero-order chi connectivity index (χ0) is 20.6. The van der Waals surface area contributed by atoms with Crippen LogP contribution in [0.1, 0.15) is 31.7 Å². The van der Waals surface area contributed by atoms with Crippen molar-refractivity contribution < 1.29 is 9.90 Å². The Labute approximate surface area is 171 Å². The minimum Gasteiger partial charge on any atom is -0.508 e. The normalized spacial score (nSPS) is 22.8. The van der Waals surface area contributed by atoms with E-state index < -0.39 is 5.54 Å². The first-order chi connectivity index (χ1) is 14.0. The molecule has 1 atom stereocenters. The molecule has 150 valence electrons. The molecule has 2 aromatic carbocycles. The highest BCUT2D eigenvalue weighted by atomic mass is 16.3. The molecular formula is C24H27N3O2. The summed E-state index contributed by atoms with van der Waals surface area (Å²) < 4.78 is 0. The number of aliphatic imine (C=N–C) groups is 1. The summed E-state index contributed by atoms with van der Waals surface area (Å²) in [5.74, 6) is 1.17. The Balaban J connectivity index is 1.76. The largest absolute Gasteiger partial charge is 0.508 e. The van der Waals surface area contributed by atoms with Gasteiger partial charge in [-0.2, -0.15) is 0 Å². The maximum absolute atomic E-state index is 13.7. The van der Waals surface area contributed by atoms with Crippen LogP contribution in [-0.2, 0) is 10.3 Å². The van der Waals surface area contributed by atoms with Crippen molar-refractivity contribution in [1.82, 2.24) is 10.2 Å². The molecule has 1 heterocycles. The Hall–Kier alpha value is -3.08. The van der Waals surface area contributed by atoms with Gasteiger partial charge in [-0.3, -0.25) is 14.7 Å². The van der Waals surface area contributed by atoms with Gasteiger partial charge in [0.25, 0.3) is 5.91 Å². The molecule has 1 saturated heterocycles. The first-order valence-electron chi connectivity index (χ1n) is 10.1. The van der Waals surface area contributed by atoms with Crippen LogP contribution in [0.3, 0.4) is 0 Å². The minimum absolute atomic E-state index is 0.0647. The van der Waals surface area contributed by atoms with Crippen molar-refractivity contribution >= 4 is 11.9 Å². The first-order valence-corrected chi connectivity index (χ1v) is 10.1. The zero-order valence-corrected chi connectivity index (χ0v) is 17.0. The van der Waals surface area contributed by atoms with E-state index in [1.165, 1.54) is 0 Å². The van der Waals surface area contributed by atoms with Gasteiger partial charge in [0.05, 0.1) is 0 Å². The van der Waals surface area contributed by atoms with Gasteiger partial charge in [0.1, 0.15) is 11.3 Å². The summed E-state index contributed by atoms with van der Waals surface area (Å²) in [5, 5.41) is 13.3.